The highest BCUT2D eigenvalue weighted by Gasteiger charge is 2.54. The zero-order valence-corrected chi connectivity index (χ0v) is 22.5. The van der Waals surface area contributed by atoms with Crippen LogP contribution in [-0.4, -0.2) is 72.1 Å². The number of piperazine rings is 1. The van der Waals surface area contributed by atoms with Gasteiger partial charge in [-0.15, -0.1) is 12.4 Å². The average molecular weight is 526 g/mol. The summed E-state index contributed by atoms with van der Waals surface area (Å²) in [6.07, 6.45) is 7.33. The number of rotatable bonds is 9. The first-order valence-electron chi connectivity index (χ1n) is 13.7. The van der Waals surface area contributed by atoms with Crippen molar-refractivity contribution in [3.8, 4) is 0 Å². The third-order valence-corrected chi connectivity index (χ3v) is 8.22. The van der Waals surface area contributed by atoms with Gasteiger partial charge in [0.1, 0.15) is 11.6 Å². The van der Waals surface area contributed by atoms with E-state index < -0.39 is 11.6 Å². The summed E-state index contributed by atoms with van der Waals surface area (Å²) in [5.41, 5.74) is 1.70. The topological polar surface area (TPSA) is 61.9 Å². The molecular weight excluding hydrogens is 486 g/mol. The minimum atomic E-state index is -0.753. The normalized spacial score (nSPS) is 23.6. The maximum Gasteiger partial charge on any atom is 0.246 e. The first kappa shape index (κ1) is 27.6. The van der Waals surface area contributed by atoms with E-state index in [9.17, 15) is 9.59 Å². The first-order valence-corrected chi connectivity index (χ1v) is 13.7. The molecule has 3 aliphatic rings. The quantitative estimate of drug-likeness (QED) is 0.502. The number of ether oxygens (including phenoxy) is 1. The Morgan fingerprint density at radius 3 is 2.24 bits per heavy atom. The van der Waals surface area contributed by atoms with Crippen LogP contribution in [0.5, 0.6) is 0 Å². The van der Waals surface area contributed by atoms with Gasteiger partial charge in [0.15, 0.2) is 0 Å². The van der Waals surface area contributed by atoms with Crippen LogP contribution in [0.4, 0.5) is 0 Å². The third-order valence-electron chi connectivity index (χ3n) is 8.22. The van der Waals surface area contributed by atoms with Gasteiger partial charge in [0.2, 0.25) is 11.8 Å². The molecule has 5 rings (SSSR count). The van der Waals surface area contributed by atoms with Crippen molar-refractivity contribution < 1.29 is 14.3 Å². The van der Waals surface area contributed by atoms with Gasteiger partial charge in [-0.3, -0.25) is 9.59 Å². The number of carbonyl (C=O) groups is 2. The van der Waals surface area contributed by atoms with Crippen molar-refractivity contribution >= 4 is 24.2 Å². The number of halogens is 1. The summed E-state index contributed by atoms with van der Waals surface area (Å²) in [6.45, 7) is 4.00. The molecular formula is C30H40ClN3O3. The van der Waals surface area contributed by atoms with Gasteiger partial charge in [0, 0.05) is 32.7 Å². The van der Waals surface area contributed by atoms with Gasteiger partial charge in [0.25, 0.3) is 0 Å². The van der Waals surface area contributed by atoms with E-state index >= 15 is 0 Å². The Hall–Kier alpha value is -2.41. The summed E-state index contributed by atoms with van der Waals surface area (Å²) < 4.78 is 5.91. The van der Waals surface area contributed by atoms with Crippen molar-refractivity contribution in [2.45, 2.75) is 69.1 Å². The van der Waals surface area contributed by atoms with Gasteiger partial charge in [-0.2, -0.15) is 0 Å². The van der Waals surface area contributed by atoms with Crippen LogP contribution in [0.15, 0.2) is 60.7 Å². The Morgan fingerprint density at radius 2 is 1.59 bits per heavy atom. The molecule has 0 saturated carbocycles. The van der Waals surface area contributed by atoms with Crippen molar-refractivity contribution in [1.29, 1.82) is 0 Å². The van der Waals surface area contributed by atoms with Gasteiger partial charge in [0.05, 0.1) is 6.10 Å². The Bertz CT molecular complexity index is 1010. The number of amides is 2. The molecule has 1 spiro atoms. The number of unbranched alkanes of at least 4 members (excludes halogenated alkanes) is 1. The maximum atomic E-state index is 13.8. The van der Waals surface area contributed by atoms with Crippen LogP contribution < -0.4 is 5.32 Å². The molecule has 7 heteroatoms. The molecule has 6 nitrogen and oxygen atoms in total. The number of benzene rings is 2. The summed E-state index contributed by atoms with van der Waals surface area (Å²) in [7, 11) is 0. The van der Waals surface area contributed by atoms with Crippen molar-refractivity contribution in [2.75, 3.05) is 32.8 Å². The highest BCUT2D eigenvalue weighted by molar-refractivity contribution is 6.00. The van der Waals surface area contributed by atoms with Gasteiger partial charge >= 0.3 is 0 Å². The summed E-state index contributed by atoms with van der Waals surface area (Å²) in [5.74, 6) is 0.0648. The predicted octanol–water partition coefficient (Wildman–Crippen LogP) is 4.01. The minimum Gasteiger partial charge on any atom is -0.376 e. The Kier molecular flexibility index (Phi) is 9.63. The largest absolute Gasteiger partial charge is 0.376 e. The van der Waals surface area contributed by atoms with Crippen molar-refractivity contribution in [3.05, 3.63) is 71.8 Å². The molecule has 2 atom stereocenters. The van der Waals surface area contributed by atoms with Crippen molar-refractivity contribution in [3.63, 3.8) is 0 Å². The van der Waals surface area contributed by atoms with Crippen LogP contribution in [0, 0.1) is 0 Å². The molecule has 2 aromatic rings. The lowest BCUT2D eigenvalue weighted by Gasteiger charge is -2.52. The molecule has 2 aromatic carbocycles. The van der Waals surface area contributed by atoms with Crippen molar-refractivity contribution in [2.24, 2.45) is 0 Å². The Labute approximate surface area is 227 Å². The zero-order chi connectivity index (χ0) is 24.8. The van der Waals surface area contributed by atoms with E-state index in [-0.39, 0.29) is 30.3 Å². The van der Waals surface area contributed by atoms with Gasteiger partial charge in [-0.05, 0) is 62.6 Å². The average Bonchev–Trinajstić information content (AvgIpc) is 3.43. The van der Waals surface area contributed by atoms with E-state index in [1.54, 1.807) is 0 Å². The van der Waals surface area contributed by atoms with Gasteiger partial charge < -0.3 is 19.9 Å². The van der Waals surface area contributed by atoms with E-state index in [0.29, 0.717) is 25.8 Å². The zero-order valence-electron chi connectivity index (χ0n) is 21.6. The van der Waals surface area contributed by atoms with Crippen molar-refractivity contribution in [1.82, 2.24) is 15.1 Å². The van der Waals surface area contributed by atoms with E-state index in [1.807, 2.05) is 35.2 Å². The number of nitrogens with zero attached hydrogens (tertiary/aromatic N) is 2. The molecule has 37 heavy (non-hydrogen) atoms. The van der Waals surface area contributed by atoms with E-state index in [0.717, 1.165) is 63.9 Å². The third kappa shape index (κ3) is 6.54. The standard InChI is InChI=1S/C30H39N3O3.ClH/c34-28-27(22-25-13-5-2-6-14-25)31-29(35)30(33(28)23-26-15-9-21-36-26)16-19-32(20-17-30)18-8-7-12-24-10-3-1-4-11-24;/h1-6,10-11,13-14,26-27H,7-9,12,15-23H2,(H,31,35);1H/t26?,27-;/m0./s1. The first-order chi connectivity index (χ1) is 17.6. The SMILES string of the molecule is Cl.O=C1[C@H](Cc2ccccc2)NC(=O)C2(CCN(CCCCc3ccccc3)CC2)N1CC1CCCO1. The monoisotopic (exact) mass is 525 g/mol. The summed E-state index contributed by atoms with van der Waals surface area (Å²) in [6, 6.07) is 20.1. The fourth-order valence-electron chi connectivity index (χ4n) is 6.07. The second kappa shape index (κ2) is 12.9. The number of hydrogen-bond donors (Lipinski definition) is 1. The smallest absolute Gasteiger partial charge is 0.246 e. The predicted molar refractivity (Wildman–Crippen MR) is 148 cm³/mol. The molecule has 2 amide bonds. The lowest BCUT2D eigenvalue weighted by molar-refractivity contribution is -0.163. The lowest BCUT2D eigenvalue weighted by Crippen LogP contribution is -2.73. The molecule has 3 heterocycles. The van der Waals surface area contributed by atoms with Crippen LogP contribution in [0.3, 0.4) is 0 Å². The van der Waals surface area contributed by atoms with E-state index in [1.165, 1.54) is 5.56 Å². The molecule has 3 fully saturated rings. The molecule has 0 aliphatic carbocycles. The fraction of sp³-hybridized carbons (Fsp3) is 0.533. The second-order valence-corrected chi connectivity index (χ2v) is 10.6. The number of likely N-dealkylation sites (tertiary alicyclic amines) is 1. The summed E-state index contributed by atoms with van der Waals surface area (Å²) in [4.78, 5) is 31.9. The molecule has 0 aromatic heterocycles. The molecule has 3 saturated heterocycles. The summed E-state index contributed by atoms with van der Waals surface area (Å²) in [5, 5.41) is 3.13. The molecule has 200 valence electrons. The molecule has 0 radical (unpaired) electrons. The fourth-order valence-corrected chi connectivity index (χ4v) is 6.07. The number of piperidine rings is 1. The number of aryl methyl sites for hydroxylation is 1. The van der Waals surface area contributed by atoms with E-state index in [4.69, 9.17) is 4.74 Å². The number of nitrogens with one attached hydrogen (secondary N) is 1. The van der Waals surface area contributed by atoms with Crippen LogP contribution in [-0.2, 0) is 27.2 Å². The number of hydrogen-bond acceptors (Lipinski definition) is 4. The highest BCUT2D eigenvalue weighted by Crippen LogP contribution is 2.35. The Morgan fingerprint density at radius 1 is 0.919 bits per heavy atom. The highest BCUT2D eigenvalue weighted by atomic mass is 35.5. The molecule has 0 bridgehead atoms. The van der Waals surface area contributed by atoms with Crippen LogP contribution in [0.25, 0.3) is 0 Å². The van der Waals surface area contributed by atoms with Crippen LogP contribution >= 0.6 is 12.4 Å². The maximum absolute atomic E-state index is 13.8. The lowest BCUT2D eigenvalue weighted by atomic mass is 9.80. The molecule has 1 N–H and O–H groups in total. The van der Waals surface area contributed by atoms with Crippen LogP contribution in [0.2, 0.25) is 0 Å². The minimum absolute atomic E-state index is 0. The number of carbonyl (C=O) groups excluding carboxylic acids is 2. The second-order valence-electron chi connectivity index (χ2n) is 10.6. The molecule has 3 aliphatic heterocycles. The summed E-state index contributed by atoms with van der Waals surface area (Å²) >= 11 is 0. The van der Waals surface area contributed by atoms with Crippen LogP contribution in [0.1, 0.15) is 49.7 Å². The van der Waals surface area contributed by atoms with Gasteiger partial charge in [-0.25, -0.2) is 0 Å². The van der Waals surface area contributed by atoms with Gasteiger partial charge in [-0.1, -0.05) is 60.7 Å². The Balaban J connectivity index is 0.00000320. The molecule has 1 unspecified atom stereocenters. The van der Waals surface area contributed by atoms with E-state index in [2.05, 4.69) is 40.5 Å².